The molecule has 0 aromatic carbocycles. The number of phosphoric acid groups is 2. The van der Waals surface area contributed by atoms with Crippen LogP contribution in [0.3, 0.4) is 0 Å². The topological polar surface area (TPSA) is 237 Å². The lowest BCUT2D eigenvalue weighted by Crippen LogP contribution is -2.30. The number of aliphatic hydroxyl groups is 1. The molecule has 0 aliphatic rings. The van der Waals surface area contributed by atoms with Crippen molar-refractivity contribution in [2.45, 2.75) is 349 Å². The minimum atomic E-state index is -4.95. The molecule has 17 nitrogen and oxygen atoms in total. The number of aliphatic hydroxyl groups excluding tert-OH is 1. The van der Waals surface area contributed by atoms with E-state index in [-0.39, 0.29) is 25.7 Å². The van der Waals surface area contributed by atoms with Crippen LogP contribution in [-0.2, 0) is 65.4 Å². The monoisotopic (exact) mass is 1270 g/mol. The van der Waals surface area contributed by atoms with Crippen LogP contribution in [0.4, 0.5) is 0 Å². The summed E-state index contributed by atoms with van der Waals surface area (Å²) < 4.78 is 68.1. The highest BCUT2D eigenvalue weighted by Gasteiger charge is 2.30. The highest BCUT2D eigenvalue weighted by atomic mass is 31.2. The molecule has 7 atom stereocenters. The Kier molecular flexibility index (Phi) is 56.9. The fourth-order valence-electron chi connectivity index (χ4n) is 9.95. The minimum absolute atomic E-state index is 0.102. The molecule has 0 aliphatic heterocycles. The van der Waals surface area contributed by atoms with Gasteiger partial charge >= 0.3 is 39.5 Å². The first-order valence-electron chi connectivity index (χ1n) is 34.9. The van der Waals surface area contributed by atoms with Crippen LogP contribution in [0.5, 0.6) is 0 Å². The molecule has 0 saturated carbocycles. The van der Waals surface area contributed by atoms with E-state index in [4.69, 9.17) is 37.0 Å². The zero-order chi connectivity index (χ0) is 63.8. The second kappa shape index (κ2) is 58.2. The lowest BCUT2D eigenvalue weighted by atomic mass is 9.99. The highest BCUT2D eigenvalue weighted by Crippen LogP contribution is 2.45. The van der Waals surface area contributed by atoms with Gasteiger partial charge < -0.3 is 33.8 Å². The van der Waals surface area contributed by atoms with Crippen molar-refractivity contribution in [3.8, 4) is 0 Å². The smallest absolute Gasteiger partial charge is 0.462 e. The number of carbonyl (C=O) groups is 4. The minimum Gasteiger partial charge on any atom is -0.462 e. The zero-order valence-corrected chi connectivity index (χ0v) is 57.6. The van der Waals surface area contributed by atoms with Crippen LogP contribution < -0.4 is 0 Å². The molecule has 0 saturated heterocycles. The van der Waals surface area contributed by atoms with Gasteiger partial charge in [-0.1, -0.05) is 280 Å². The van der Waals surface area contributed by atoms with Crippen molar-refractivity contribution in [1.82, 2.24) is 0 Å². The zero-order valence-electron chi connectivity index (χ0n) is 55.8. The van der Waals surface area contributed by atoms with Crippen LogP contribution >= 0.6 is 15.6 Å². The SMILES string of the molecule is CCCCCCCCCCCCCCC(=O)OC[C@H](COP(=O)(O)OC[C@@H](O)COP(=O)(O)OC[C@@H](COC(=O)CCCCCCCCC(C)CC)OC(=O)CCCCCCCCCC(C)C)OC(=O)CCCCCCCCCCCCC(C)CC. The number of rotatable bonds is 65. The molecular formula is C67H130O17P2. The lowest BCUT2D eigenvalue weighted by Gasteiger charge is -2.21. The Morgan fingerprint density at radius 3 is 0.884 bits per heavy atom. The van der Waals surface area contributed by atoms with Crippen LogP contribution in [0.2, 0.25) is 0 Å². The Bertz CT molecular complexity index is 1700. The Labute approximate surface area is 524 Å². The van der Waals surface area contributed by atoms with Crippen LogP contribution in [0.25, 0.3) is 0 Å². The Morgan fingerprint density at radius 2 is 0.593 bits per heavy atom. The van der Waals surface area contributed by atoms with E-state index in [9.17, 15) is 43.2 Å². The number of hydrogen-bond donors (Lipinski definition) is 3. The van der Waals surface area contributed by atoms with Gasteiger partial charge in [0.25, 0.3) is 0 Å². The number of carbonyl (C=O) groups excluding carboxylic acids is 4. The fourth-order valence-corrected chi connectivity index (χ4v) is 11.5. The van der Waals surface area contributed by atoms with Gasteiger partial charge in [0.1, 0.15) is 19.3 Å². The van der Waals surface area contributed by atoms with E-state index in [2.05, 4.69) is 48.5 Å². The van der Waals surface area contributed by atoms with Gasteiger partial charge in [0.2, 0.25) is 0 Å². The molecule has 0 amide bonds. The molecule has 0 bridgehead atoms. The molecule has 4 unspecified atom stereocenters. The predicted molar refractivity (Wildman–Crippen MR) is 344 cm³/mol. The van der Waals surface area contributed by atoms with Crippen molar-refractivity contribution >= 4 is 39.5 Å². The largest absolute Gasteiger partial charge is 0.472 e. The molecule has 0 aromatic heterocycles. The van der Waals surface area contributed by atoms with Gasteiger partial charge in [-0.15, -0.1) is 0 Å². The molecule has 0 fully saturated rings. The molecule has 86 heavy (non-hydrogen) atoms. The van der Waals surface area contributed by atoms with E-state index >= 15 is 0 Å². The molecule has 0 heterocycles. The molecule has 19 heteroatoms. The van der Waals surface area contributed by atoms with Gasteiger partial charge in [0, 0.05) is 25.7 Å². The van der Waals surface area contributed by atoms with Crippen molar-refractivity contribution in [1.29, 1.82) is 0 Å². The van der Waals surface area contributed by atoms with Crippen molar-refractivity contribution in [2.24, 2.45) is 17.8 Å². The van der Waals surface area contributed by atoms with E-state index in [0.717, 1.165) is 108 Å². The van der Waals surface area contributed by atoms with Gasteiger partial charge in [-0.3, -0.25) is 37.3 Å². The molecular weight excluding hydrogens is 1140 g/mol. The van der Waals surface area contributed by atoms with Gasteiger partial charge in [0.15, 0.2) is 12.2 Å². The van der Waals surface area contributed by atoms with Crippen LogP contribution in [0.1, 0.15) is 331 Å². The molecule has 3 N–H and O–H groups in total. The Morgan fingerprint density at radius 1 is 0.337 bits per heavy atom. The van der Waals surface area contributed by atoms with Crippen LogP contribution in [0.15, 0.2) is 0 Å². The summed E-state index contributed by atoms with van der Waals surface area (Å²) >= 11 is 0. The summed E-state index contributed by atoms with van der Waals surface area (Å²) in [6.45, 7) is 11.7. The molecule has 0 aromatic rings. The average molecular weight is 1270 g/mol. The quantitative estimate of drug-likeness (QED) is 0.0222. The Balaban J connectivity index is 5.26. The summed E-state index contributed by atoms with van der Waals surface area (Å²) in [6.07, 6.45) is 40.3. The first-order chi connectivity index (χ1) is 41.3. The van der Waals surface area contributed by atoms with Gasteiger partial charge in [-0.2, -0.15) is 0 Å². The molecule has 0 radical (unpaired) electrons. The van der Waals surface area contributed by atoms with E-state index in [1.807, 2.05) is 0 Å². The molecule has 0 aliphatic carbocycles. The number of hydrogen-bond acceptors (Lipinski definition) is 15. The number of ether oxygens (including phenoxy) is 4. The predicted octanol–water partition coefficient (Wildman–Crippen LogP) is 18.7. The third-order valence-electron chi connectivity index (χ3n) is 16.1. The van der Waals surface area contributed by atoms with Crippen molar-refractivity contribution in [2.75, 3.05) is 39.6 Å². The highest BCUT2D eigenvalue weighted by molar-refractivity contribution is 7.47. The van der Waals surface area contributed by atoms with E-state index < -0.39 is 97.5 Å². The maximum atomic E-state index is 13.0. The summed E-state index contributed by atoms with van der Waals surface area (Å²) in [4.78, 5) is 72.4. The Hall–Kier alpha value is -1.94. The normalized spacial score (nSPS) is 14.9. The molecule has 0 spiro atoms. The molecule has 510 valence electrons. The van der Waals surface area contributed by atoms with Crippen molar-refractivity contribution < 1.29 is 80.2 Å². The number of esters is 4. The average Bonchev–Trinajstić information content (AvgIpc) is 3.64. The van der Waals surface area contributed by atoms with Crippen molar-refractivity contribution in [3.63, 3.8) is 0 Å². The third-order valence-corrected chi connectivity index (χ3v) is 18.0. The summed E-state index contributed by atoms with van der Waals surface area (Å²) in [6, 6.07) is 0. The van der Waals surface area contributed by atoms with E-state index in [0.29, 0.717) is 31.6 Å². The maximum absolute atomic E-state index is 13.0. The second-order valence-electron chi connectivity index (χ2n) is 25.2. The maximum Gasteiger partial charge on any atom is 0.472 e. The third kappa shape index (κ3) is 58.4. The first kappa shape index (κ1) is 84.1. The summed E-state index contributed by atoms with van der Waals surface area (Å²) in [5.41, 5.74) is 0. The van der Waals surface area contributed by atoms with Gasteiger partial charge in [-0.05, 0) is 43.4 Å². The van der Waals surface area contributed by atoms with E-state index in [1.165, 1.54) is 135 Å². The van der Waals surface area contributed by atoms with Crippen molar-refractivity contribution in [3.05, 3.63) is 0 Å². The summed E-state index contributed by atoms with van der Waals surface area (Å²) in [5.74, 6) is 0.0966. The van der Waals surface area contributed by atoms with Crippen LogP contribution in [0, 0.1) is 17.8 Å². The summed E-state index contributed by atoms with van der Waals surface area (Å²) in [7, 11) is -9.89. The number of phosphoric ester groups is 2. The van der Waals surface area contributed by atoms with Crippen LogP contribution in [-0.4, -0.2) is 96.7 Å². The van der Waals surface area contributed by atoms with E-state index in [1.54, 1.807) is 0 Å². The second-order valence-corrected chi connectivity index (χ2v) is 28.1. The lowest BCUT2D eigenvalue weighted by molar-refractivity contribution is -0.161. The standard InChI is InChI=1S/C67H130O17P2/c1-8-11-12-13-14-15-16-17-21-26-34-41-48-64(69)77-54-62(83-66(71)50-43-36-27-22-19-18-20-25-32-39-46-59(6)9-2)56-81-85(73,74)79-52-61(68)53-80-86(75,76)82-57-63(84-67(72)51-44-37-28-23-24-31-38-45-58(4)5)55-78-65(70)49-42-35-30-29-33-40-47-60(7)10-3/h58-63,68H,8-57H2,1-7H3,(H,73,74)(H,75,76)/t59?,60?,61-,62-,63-/m1/s1. The van der Waals surface area contributed by atoms with Gasteiger partial charge in [0.05, 0.1) is 26.4 Å². The summed E-state index contributed by atoms with van der Waals surface area (Å²) in [5, 5.41) is 10.6. The molecule has 0 rings (SSSR count). The first-order valence-corrected chi connectivity index (χ1v) is 37.9. The number of unbranched alkanes of at least 4 members (excludes halogenated alkanes) is 31. The van der Waals surface area contributed by atoms with Gasteiger partial charge in [-0.25, -0.2) is 9.13 Å². The fraction of sp³-hybridized carbons (Fsp3) is 0.940.